The van der Waals surface area contributed by atoms with Crippen molar-refractivity contribution in [3.05, 3.63) is 0 Å². The van der Waals surface area contributed by atoms with Gasteiger partial charge in [-0.2, -0.15) is 0 Å². The topological polar surface area (TPSA) is 43.4 Å². The number of carbonyl (C=O) groups excluding carboxylic acids is 2. The second kappa shape index (κ2) is 7.39. The van der Waals surface area contributed by atoms with Crippen LogP contribution in [0.5, 0.6) is 0 Å². The third-order valence-corrected chi connectivity index (χ3v) is 0.867. The van der Waals surface area contributed by atoms with Crippen molar-refractivity contribution in [1.29, 1.82) is 0 Å². The number of hydrogen-bond acceptors (Lipinski definition) is 3. The van der Waals surface area contributed by atoms with Crippen molar-refractivity contribution >= 4 is 11.8 Å². The molecule has 12 heavy (non-hydrogen) atoms. The monoisotopic (exact) mass is 273 g/mol. The van der Waals surface area contributed by atoms with E-state index in [9.17, 15) is 18.4 Å². The molecule has 6 heteroatoms. The van der Waals surface area contributed by atoms with Gasteiger partial charge >= 0.3 is 5.97 Å². The minimum atomic E-state index is -3.08. The van der Waals surface area contributed by atoms with E-state index in [2.05, 4.69) is 4.74 Å². The van der Waals surface area contributed by atoms with Crippen LogP contribution in [0.15, 0.2) is 0 Å². The van der Waals surface area contributed by atoms with Crippen LogP contribution in [-0.2, 0) is 36.7 Å². The first-order valence-electron chi connectivity index (χ1n) is 3.04. The van der Waals surface area contributed by atoms with Crippen molar-refractivity contribution in [3.8, 4) is 0 Å². The standard InChI is InChI=1S/C6H8F2O3.Ag/c1-2-11-5(10)3-4(9)6(7)8;/h6H,2-3H2,1H3;. The number of hydrogen-bond donors (Lipinski definition) is 0. The molecule has 3 nitrogen and oxygen atoms in total. The van der Waals surface area contributed by atoms with Gasteiger partial charge in [0.05, 0.1) is 6.61 Å². The molecule has 0 unspecified atom stereocenters. The molecule has 0 saturated carbocycles. The van der Waals surface area contributed by atoms with Gasteiger partial charge in [-0.3, -0.25) is 9.59 Å². The van der Waals surface area contributed by atoms with Crippen LogP contribution in [-0.4, -0.2) is 24.8 Å². The Kier molecular flexibility index (Phi) is 8.79. The number of rotatable bonds is 4. The fourth-order valence-electron chi connectivity index (χ4n) is 0.431. The number of Topliss-reactive ketones (excluding diaryl/α,β-unsaturated/α-hetero) is 1. The Hall–Kier alpha value is -0.260. The zero-order chi connectivity index (χ0) is 8.85. The summed E-state index contributed by atoms with van der Waals surface area (Å²) in [6.45, 7) is 1.63. The molecule has 0 aromatic carbocycles. The second-order valence-corrected chi connectivity index (χ2v) is 1.75. The Bertz CT molecular complexity index is 161. The molecule has 0 heterocycles. The molecule has 0 N–H and O–H groups in total. The molecule has 0 aliphatic heterocycles. The molecule has 0 aromatic heterocycles. The Balaban J connectivity index is 0. The van der Waals surface area contributed by atoms with E-state index in [1.54, 1.807) is 0 Å². The maximum atomic E-state index is 11.5. The fraction of sp³-hybridized carbons (Fsp3) is 0.667. The van der Waals surface area contributed by atoms with Crippen LogP contribution in [0.3, 0.4) is 0 Å². The summed E-state index contributed by atoms with van der Waals surface area (Å²) in [6, 6.07) is 0. The van der Waals surface area contributed by atoms with Crippen molar-refractivity contribution in [2.45, 2.75) is 19.8 Å². The molecule has 0 aliphatic rings. The van der Waals surface area contributed by atoms with Gasteiger partial charge in [0.2, 0.25) is 5.78 Å². The van der Waals surface area contributed by atoms with Gasteiger partial charge in [0.15, 0.2) is 0 Å². The third-order valence-electron chi connectivity index (χ3n) is 0.867. The van der Waals surface area contributed by atoms with Crippen LogP contribution in [0, 0.1) is 0 Å². The third kappa shape index (κ3) is 6.45. The van der Waals surface area contributed by atoms with E-state index in [0.29, 0.717) is 0 Å². The SMILES string of the molecule is CCOC(=O)CC(=O)C(F)F.[Ag]. The summed E-state index contributed by atoms with van der Waals surface area (Å²) in [6.07, 6.45) is -3.93. The summed E-state index contributed by atoms with van der Waals surface area (Å²) in [5.74, 6) is -2.30. The molecular formula is C6H8AgF2O3. The molecule has 0 amide bonds. The van der Waals surface area contributed by atoms with E-state index in [1.165, 1.54) is 6.92 Å². The first kappa shape index (κ1) is 14.3. The van der Waals surface area contributed by atoms with Crippen LogP contribution in [0.2, 0.25) is 0 Å². The first-order valence-corrected chi connectivity index (χ1v) is 3.04. The van der Waals surface area contributed by atoms with Crippen LogP contribution in [0.1, 0.15) is 13.3 Å². The van der Waals surface area contributed by atoms with Crippen molar-refractivity contribution in [2.24, 2.45) is 0 Å². The van der Waals surface area contributed by atoms with Crippen molar-refractivity contribution in [2.75, 3.05) is 6.61 Å². The number of ketones is 1. The number of ether oxygens (including phenoxy) is 1. The fourth-order valence-corrected chi connectivity index (χ4v) is 0.431. The van der Waals surface area contributed by atoms with E-state index in [-0.39, 0.29) is 29.0 Å². The Labute approximate surface area is 84.0 Å². The van der Waals surface area contributed by atoms with E-state index < -0.39 is 24.6 Å². The van der Waals surface area contributed by atoms with Gasteiger partial charge in [0.25, 0.3) is 6.43 Å². The minimum Gasteiger partial charge on any atom is -0.466 e. The molecule has 0 aromatic rings. The second-order valence-electron chi connectivity index (χ2n) is 1.75. The van der Waals surface area contributed by atoms with Gasteiger partial charge in [-0.05, 0) is 6.92 Å². The zero-order valence-corrected chi connectivity index (χ0v) is 7.76. The quantitative estimate of drug-likeness (QED) is 0.432. The van der Waals surface area contributed by atoms with Crippen molar-refractivity contribution in [3.63, 3.8) is 0 Å². The summed E-state index contributed by atoms with van der Waals surface area (Å²) in [7, 11) is 0. The molecule has 0 spiro atoms. The zero-order valence-electron chi connectivity index (χ0n) is 6.27. The van der Waals surface area contributed by atoms with Crippen LogP contribution < -0.4 is 0 Å². The number of halogens is 2. The Morgan fingerprint density at radius 2 is 1.92 bits per heavy atom. The predicted octanol–water partition coefficient (Wildman–Crippen LogP) is 0.771. The predicted molar refractivity (Wildman–Crippen MR) is 32.3 cm³/mol. The van der Waals surface area contributed by atoms with Crippen molar-refractivity contribution < 1.29 is 45.5 Å². The first-order chi connectivity index (χ1) is 5.07. The molecule has 0 aliphatic carbocycles. The smallest absolute Gasteiger partial charge is 0.313 e. The molecule has 0 atom stereocenters. The average Bonchev–Trinajstić information content (AvgIpc) is 1.87. The van der Waals surface area contributed by atoms with E-state index >= 15 is 0 Å². The van der Waals surface area contributed by atoms with Crippen LogP contribution in [0.4, 0.5) is 8.78 Å². The van der Waals surface area contributed by atoms with Gasteiger partial charge in [0.1, 0.15) is 6.42 Å². The maximum Gasteiger partial charge on any atom is 0.313 e. The molecular weight excluding hydrogens is 266 g/mol. The van der Waals surface area contributed by atoms with Crippen molar-refractivity contribution in [1.82, 2.24) is 0 Å². The average molecular weight is 274 g/mol. The Morgan fingerprint density at radius 3 is 2.25 bits per heavy atom. The number of carbonyl (C=O) groups is 2. The summed E-state index contributed by atoms with van der Waals surface area (Å²) in [5, 5.41) is 0. The maximum absolute atomic E-state index is 11.5. The van der Waals surface area contributed by atoms with Crippen LogP contribution >= 0.6 is 0 Å². The molecule has 0 saturated heterocycles. The number of alkyl halides is 2. The summed E-state index contributed by atoms with van der Waals surface area (Å²) in [4.78, 5) is 20.6. The summed E-state index contributed by atoms with van der Waals surface area (Å²) in [5.41, 5.74) is 0. The molecule has 1 radical (unpaired) electrons. The van der Waals surface area contributed by atoms with Gasteiger partial charge < -0.3 is 4.74 Å². The van der Waals surface area contributed by atoms with E-state index in [1.807, 2.05) is 0 Å². The van der Waals surface area contributed by atoms with Gasteiger partial charge in [0, 0.05) is 22.4 Å². The largest absolute Gasteiger partial charge is 0.466 e. The normalized spacial score (nSPS) is 9.00. The molecule has 0 bridgehead atoms. The number of esters is 1. The van der Waals surface area contributed by atoms with Crippen LogP contribution in [0.25, 0.3) is 0 Å². The molecule has 75 valence electrons. The van der Waals surface area contributed by atoms with Gasteiger partial charge in [-0.15, -0.1) is 0 Å². The minimum absolute atomic E-state index is 0. The summed E-state index contributed by atoms with van der Waals surface area (Å²) < 4.78 is 27.2. The van der Waals surface area contributed by atoms with Gasteiger partial charge in [-0.1, -0.05) is 0 Å². The van der Waals surface area contributed by atoms with E-state index in [0.717, 1.165) is 0 Å². The molecule has 0 fully saturated rings. The van der Waals surface area contributed by atoms with Gasteiger partial charge in [-0.25, -0.2) is 8.78 Å². The molecule has 0 rings (SSSR count). The van der Waals surface area contributed by atoms with E-state index in [4.69, 9.17) is 0 Å². The summed E-state index contributed by atoms with van der Waals surface area (Å²) >= 11 is 0. The Morgan fingerprint density at radius 1 is 1.42 bits per heavy atom.